The summed E-state index contributed by atoms with van der Waals surface area (Å²) in [7, 11) is 0. The average Bonchev–Trinajstić information content (AvgIpc) is 3.52. The van der Waals surface area contributed by atoms with E-state index in [1.807, 2.05) is 11.1 Å². The number of hydrogen-bond donors (Lipinski definition) is 0. The zero-order chi connectivity index (χ0) is 21.8. The van der Waals surface area contributed by atoms with Crippen LogP contribution in [0.5, 0.6) is 0 Å². The molecule has 0 aliphatic carbocycles. The lowest BCUT2D eigenvalue weighted by Crippen LogP contribution is -2.49. The lowest BCUT2D eigenvalue weighted by molar-refractivity contribution is -0.392. The first-order valence-corrected chi connectivity index (χ1v) is 10.1. The number of carbonyl (C=O) groups is 1. The fraction of sp³-hybridized carbons (Fsp3) is 0.474. The van der Waals surface area contributed by atoms with Gasteiger partial charge >= 0.3 is 5.82 Å². The lowest BCUT2D eigenvalue weighted by Gasteiger charge is -2.34. The third-order valence-corrected chi connectivity index (χ3v) is 5.44. The molecule has 0 aromatic carbocycles. The Balaban J connectivity index is 1.23. The third kappa shape index (κ3) is 4.79. The third-order valence-electron chi connectivity index (χ3n) is 5.44. The van der Waals surface area contributed by atoms with E-state index in [9.17, 15) is 14.9 Å². The molecule has 0 saturated carbocycles. The van der Waals surface area contributed by atoms with Gasteiger partial charge in [0.1, 0.15) is 12.7 Å². The van der Waals surface area contributed by atoms with Crippen LogP contribution >= 0.6 is 0 Å². The number of aromatic nitrogens is 5. The van der Waals surface area contributed by atoms with Gasteiger partial charge in [-0.15, -0.1) is 5.10 Å². The Labute approximate surface area is 178 Å². The van der Waals surface area contributed by atoms with E-state index in [2.05, 4.69) is 20.2 Å². The van der Waals surface area contributed by atoms with Crippen molar-refractivity contribution in [3.63, 3.8) is 0 Å². The minimum absolute atomic E-state index is 0.0255. The molecule has 4 heterocycles. The predicted molar refractivity (Wildman–Crippen MR) is 108 cm³/mol. The molecule has 3 aromatic heterocycles. The van der Waals surface area contributed by atoms with Crippen molar-refractivity contribution in [2.45, 2.75) is 26.4 Å². The number of amides is 1. The van der Waals surface area contributed by atoms with E-state index in [-0.39, 0.29) is 11.7 Å². The standard InChI is InChI=1S/C19H24N8O4/c1-15-20-13-18(27(29)30)26(15)11-10-25-14-16(21-22-25)4-5-23-6-8-24(9-7-23)19(28)17-3-2-12-31-17/h2-3,12-14H,4-11H2,1H3. The molecule has 12 nitrogen and oxygen atoms in total. The fourth-order valence-corrected chi connectivity index (χ4v) is 3.65. The number of carbonyl (C=O) groups excluding carboxylic acids is 1. The van der Waals surface area contributed by atoms with E-state index in [0.717, 1.165) is 31.7 Å². The summed E-state index contributed by atoms with van der Waals surface area (Å²) < 4.78 is 8.44. The van der Waals surface area contributed by atoms with Crippen LogP contribution in [0.1, 0.15) is 22.1 Å². The van der Waals surface area contributed by atoms with Crippen molar-refractivity contribution >= 4 is 11.7 Å². The Morgan fingerprint density at radius 2 is 2.03 bits per heavy atom. The maximum atomic E-state index is 12.3. The first-order valence-electron chi connectivity index (χ1n) is 10.1. The van der Waals surface area contributed by atoms with Crippen molar-refractivity contribution in [1.82, 2.24) is 34.3 Å². The minimum atomic E-state index is -0.436. The highest BCUT2D eigenvalue weighted by Crippen LogP contribution is 2.14. The molecule has 1 fully saturated rings. The fourth-order valence-electron chi connectivity index (χ4n) is 3.65. The molecule has 1 aliphatic heterocycles. The van der Waals surface area contributed by atoms with Gasteiger partial charge in [0.05, 0.1) is 18.5 Å². The number of imidazole rings is 1. The van der Waals surface area contributed by atoms with Crippen LogP contribution in [0, 0.1) is 17.0 Å². The van der Waals surface area contributed by atoms with Crippen molar-refractivity contribution in [3.05, 3.63) is 58.2 Å². The molecular weight excluding hydrogens is 404 g/mol. The van der Waals surface area contributed by atoms with Crippen LogP contribution in [0.25, 0.3) is 0 Å². The minimum Gasteiger partial charge on any atom is -0.459 e. The lowest BCUT2D eigenvalue weighted by atomic mass is 10.2. The molecular formula is C19H24N8O4. The Hall–Kier alpha value is -3.54. The summed E-state index contributed by atoms with van der Waals surface area (Å²) in [4.78, 5) is 31.1. The summed E-state index contributed by atoms with van der Waals surface area (Å²) in [5.41, 5.74) is 0.867. The summed E-state index contributed by atoms with van der Waals surface area (Å²) >= 11 is 0. The van der Waals surface area contributed by atoms with E-state index < -0.39 is 4.92 Å². The second-order valence-electron chi connectivity index (χ2n) is 7.41. The highest BCUT2D eigenvalue weighted by molar-refractivity contribution is 5.91. The van der Waals surface area contributed by atoms with E-state index in [0.29, 0.717) is 37.8 Å². The zero-order valence-corrected chi connectivity index (χ0v) is 17.3. The molecule has 0 bridgehead atoms. The zero-order valence-electron chi connectivity index (χ0n) is 17.3. The second kappa shape index (κ2) is 9.08. The predicted octanol–water partition coefficient (Wildman–Crippen LogP) is 0.985. The highest BCUT2D eigenvalue weighted by atomic mass is 16.6. The molecule has 0 spiro atoms. The largest absolute Gasteiger partial charge is 0.459 e. The summed E-state index contributed by atoms with van der Waals surface area (Å²) in [5, 5.41) is 19.4. The van der Waals surface area contributed by atoms with Crippen LogP contribution < -0.4 is 0 Å². The van der Waals surface area contributed by atoms with Crippen LogP contribution in [0.2, 0.25) is 0 Å². The monoisotopic (exact) mass is 428 g/mol. The number of piperazine rings is 1. The number of aryl methyl sites for hydroxylation is 2. The number of nitro groups is 1. The Bertz CT molecular complexity index is 1030. The summed E-state index contributed by atoms with van der Waals surface area (Å²) in [6, 6.07) is 3.40. The van der Waals surface area contributed by atoms with E-state index in [1.165, 1.54) is 12.5 Å². The molecule has 0 unspecified atom stereocenters. The first kappa shape index (κ1) is 20.7. The van der Waals surface area contributed by atoms with Gasteiger partial charge in [0.25, 0.3) is 5.91 Å². The quantitative estimate of drug-likeness (QED) is 0.384. The molecule has 0 radical (unpaired) electrons. The van der Waals surface area contributed by atoms with Crippen LogP contribution in [0.15, 0.2) is 35.2 Å². The van der Waals surface area contributed by atoms with Gasteiger partial charge in [-0.25, -0.2) is 14.2 Å². The maximum Gasteiger partial charge on any atom is 0.342 e. The molecule has 1 amide bonds. The molecule has 31 heavy (non-hydrogen) atoms. The maximum absolute atomic E-state index is 12.3. The van der Waals surface area contributed by atoms with Crippen LogP contribution in [0.4, 0.5) is 5.82 Å². The molecule has 1 saturated heterocycles. The first-order chi connectivity index (χ1) is 15.0. The summed E-state index contributed by atoms with van der Waals surface area (Å²) in [5.74, 6) is 0.876. The SMILES string of the molecule is Cc1ncc([N+](=O)[O-])n1CCn1cc(CCN2CCN(C(=O)c3ccco3)CC2)nn1. The van der Waals surface area contributed by atoms with Gasteiger partial charge in [0.2, 0.25) is 0 Å². The highest BCUT2D eigenvalue weighted by Gasteiger charge is 2.23. The van der Waals surface area contributed by atoms with E-state index >= 15 is 0 Å². The number of furan rings is 1. The number of nitrogens with zero attached hydrogens (tertiary/aromatic N) is 8. The van der Waals surface area contributed by atoms with E-state index in [4.69, 9.17) is 4.42 Å². The number of rotatable bonds is 8. The van der Waals surface area contributed by atoms with Crippen molar-refractivity contribution in [2.75, 3.05) is 32.7 Å². The Morgan fingerprint density at radius 1 is 1.23 bits per heavy atom. The Morgan fingerprint density at radius 3 is 2.74 bits per heavy atom. The van der Waals surface area contributed by atoms with Gasteiger partial charge in [-0.05, 0) is 17.1 Å². The van der Waals surface area contributed by atoms with Crippen molar-refractivity contribution < 1.29 is 14.1 Å². The topological polar surface area (TPSA) is 128 Å². The molecule has 0 N–H and O–H groups in total. The summed E-state index contributed by atoms with van der Waals surface area (Å²) in [6.45, 7) is 6.35. The van der Waals surface area contributed by atoms with E-state index in [1.54, 1.807) is 28.3 Å². The van der Waals surface area contributed by atoms with Crippen molar-refractivity contribution in [1.29, 1.82) is 0 Å². The van der Waals surface area contributed by atoms with Crippen LogP contribution in [0.3, 0.4) is 0 Å². The number of hydrogen-bond acceptors (Lipinski definition) is 8. The normalized spacial score (nSPS) is 14.8. The molecule has 4 rings (SSSR count). The summed E-state index contributed by atoms with van der Waals surface area (Å²) in [6.07, 6.45) is 5.39. The molecule has 12 heteroatoms. The molecule has 0 atom stereocenters. The van der Waals surface area contributed by atoms with Crippen molar-refractivity contribution in [3.8, 4) is 0 Å². The molecule has 3 aromatic rings. The second-order valence-corrected chi connectivity index (χ2v) is 7.41. The Kier molecular flexibility index (Phi) is 6.07. The van der Waals surface area contributed by atoms with Gasteiger partial charge in [-0.3, -0.25) is 9.69 Å². The van der Waals surface area contributed by atoms with Gasteiger partial charge in [0.15, 0.2) is 11.6 Å². The van der Waals surface area contributed by atoms with Gasteiger partial charge < -0.3 is 19.4 Å². The van der Waals surface area contributed by atoms with Crippen LogP contribution in [-0.2, 0) is 19.5 Å². The van der Waals surface area contributed by atoms with Crippen LogP contribution in [-0.4, -0.2) is 77.9 Å². The average molecular weight is 428 g/mol. The van der Waals surface area contributed by atoms with Gasteiger partial charge in [-0.1, -0.05) is 5.21 Å². The molecule has 164 valence electrons. The van der Waals surface area contributed by atoms with Gasteiger partial charge in [0, 0.05) is 52.3 Å². The smallest absolute Gasteiger partial charge is 0.342 e. The van der Waals surface area contributed by atoms with Crippen molar-refractivity contribution in [2.24, 2.45) is 0 Å². The molecule has 1 aliphatic rings. The van der Waals surface area contributed by atoms with Gasteiger partial charge in [-0.2, -0.15) is 0 Å².